The number of ketones is 1. The molecule has 22 heavy (non-hydrogen) atoms. The van der Waals surface area contributed by atoms with E-state index >= 15 is 0 Å². The molecule has 122 valence electrons. The summed E-state index contributed by atoms with van der Waals surface area (Å²) in [6.07, 6.45) is -5.99. The van der Waals surface area contributed by atoms with E-state index < -0.39 is 18.1 Å². The van der Waals surface area contributed by atoms with E-state index in [9.17, 15) is 22.4 Å². The second kappa shape index (κ2) is 6.75. The molecular formula is C15H18F4NO2+. The molecule has 1 aromatic carbocycles. The molecule has 0 bridgehead atoms. The molecule has 0 aromatic heterocycles. The van der Waals surface area contributed by atoms with Crippen LogP contribution >= 0.6 is 0 Å². The van der Waals surface area contributed by atoms with Crippen LogP contribution in [0.2, 0.25) is 0 Å². The molecule has 1 aromatic rings. The van der Waals surface area contributed by atoms with Crippen molar-refractivity contribution in [1.82, 2.24) is 0 Å². The van der Waals surface area contributed by atoms with Gasteiger partial charge in [-0.15, -0.1) is 0 Å². The first-order valence-corrected chi connectivity index (χ1v) is 7.15. The van der Waals surface area contributed by atoms with Crippen molar-refractivity contribution in [2.75, 3.05) is 19.6 Å². The number of nitrogens with one attached hydrogen (secondary N) is 1. The number of carbonyl (C=O) groups is 1. The van der Waals surface area contributed by atoms with Gasteiger partial charge in [0.25, 0.3) is 0 Å². The van der Waals surface area contributed by atoms with E-state index in [0.29, 0.717) is 36.4 Å². The van der Waals surface area contributed by atoms with Crippen LogP contribution in [0.5, 0.6) is 0 Å². The van der Waals surface area contributed by atoms with E-state index in [1.807, 2.05) is 0 Å². The highest BCUT2D eigenvalue weighted by atomic mass is 19.4. The Morgan fingerprint density at radius 2 is 1.77 bits per heavy atom. The Kier molecular flexibility index (Phi) is 5.18. The maximum Gasteiger partial charge on any atom is 0.419 e. The quantitative estimate of drug-likeness (QED) is 0.647. The number of piperidine rings is 1. The van der Waals surface area contributed by atoms with Gasteiger partial charge in [0.15, 0.2) is 11.9 Å². The van der Waals surface area contributed by atoms with E-state index in [-0.39, 0.29) is 18.2 Å². The number of aliphatic hydroxyl groups is 1. The van der Waals surface area contributed by atoms with E-state index in [1.165, 1.54) is 24.3 Å². The third-order valence-electron chi connectivity index (χ3n) is 4.05. The Balaban J connectivity index is 1.87. The van der Waals surface area contributed by atoms with E-state index in [4.69, 9.17) is 5.11 Å². The van der Waals surface area contributed by atoms with Gasteiger partial charge in [0.05, 0.1) is 13.1 Å². The van der Waals surface area contributed by atoms with Crippen molar-refractivity contribution in [3.05, 3.63) is 35.6 Å². The molecule has 1 saturated heterocycles. The van der Waals surface area contributed by atoms with Gasteiger partial charge >= 0.3 is 6.18 Å². The summed E-state index contributed by atoms with van der Waals surface area (Å²) in [5.41, 5.74) is 0.421. The lowest BCUT2D eigenvalue weighted by Crippen LogP contribution is -3.14. The van der Waals surface area contributed by atoms with Gasteiger partial charge in [0.1, 0.15) is 12.4 Å². The minimum absolute atomic E-state index is 0.101. The fraction of sp³-hybridized carbons (Fsp3) is 0.533. The van der Waals surface area contributed by atoms with Crippen molar-refractivity contribution in [1.29, 1.82) is 0 Å². The first-order chi connectivity index (χ1) is 10.3. The second-order valence-corrected chi connectivity index (χ2v) is 5.66. The zero-order chi connectivity index (χ0) is 16.3. The molecule has 1 atom stereocenters. The van der Waals surface area contributed by atoms with Crippen LogP contribution in [0.3, 0.4) is 0 Å². The number of halogens is 4. The Labute approximate surface area is 125 Å². The molecule has 1 fully saturated rings. The normalized spacial score (nSPS) is 24.0. The highest BCUT2D eigenvalue weighted by Crippen LogP contribution is 2.20. The van der Waals surface area contributed by atoms with Crippen molar-refractivity contribution in [2.45, 2.75) is 25.1 Å². The molecule has 0 unspecified atom stereocenters. The van der Waals surface area contributed by atoms with Gasteiger partial charge in [-0.05, 0) is 24.3 Å². The predicted molar refractivity (Wildman–Crippen MR) is 71.1 cm³/mol. The monoisotopic (exact) mass is 320 g/mol. The molecule has 1 aliphatic heterocycles. The SMILES string of the molecule is O=C(c1ccc(F)cc1)C1CC[NH+](C[C@H](O)C(F)(F)F)CC1. The molecule has 2 rings (SSSR count). The summed E-state index contributed by atoms with van der Waals surface area (Å²) < 4.78 is 49.8. The summed E-state index contributed by atoms with van der Waals surface area (Å²) in [6, 6.07) is 5.27. The topological polar surface area (TPSA) is 41.7 Å². The Morgan fingerprint density at radius 3 is 2.27 bits per heavy atom. The first kappa shape index (κ1) is 16.9. The van der Waals surface area contributed by atoms with Crippen LogP contribution in [0.15, 0.2) is 24.3 Å². The molecule has 0 radical (unpaired) electrons. The van der Waals surface area contributed by atoms with E-state index in [0.717, 1.165) is 0 Å². The number of hydrogen-bond acceptors (Lipinski definition) is 2. The minimum Gasteiger partial charge on any atom is -0.379 e. The fourth-order valence-electron chi connectivity index (χ4n) is 2.73. The molecule has 7 heteroatoms. The van der Waals surface area contributed by atoms with Crippen LogP contribution in [0.4, 0.5) is 17.6 Å². The van der Waals surface area contributed by atoms with Gasteiger partial charge in [0, 0.05) is 24.3 Å². The average molecular weight is 320 g/mol. The number of carbonyl (C=O) groups excluding carboxylic acids is 1. The predicted octanol–water partition coefficient (Wildman–Crippen LogP) is 1.23. The van der Waals surface area contributed by atoms with Crippen molar-refractivity contribution in [3.8, 4) is 0 Å². The lowest BCUT2D eigenvalue weighted by molar-refractivity contribution is -0.910. The molecule has 2 N–H and O–H groups in total. The van der Waals surface area contributed by atoms with Crippen LogP contribution in [-0.2, 0) is 0 Å². The van der Waals surface area contributed by atoms with Gasteiger partial charge in [-0.3, -0.25) is 4.79 Å². The van der Waals surface area contributed by atoms with Crippen LogP contribution < -0.4 is 4.90 Å². The van der Waals surface area contributed by atoms with Gasteiger partial charge in [-0.1, -0.05) is 0 Å². The van der Waals surface area contributed by atoms with E-state index in [2.05, 4.69) is 0 Å². The van der Waals surface area contributed by atoms with E-state index in [1.54, 1.807) is 0 Å². The van der Waals surface area contributed by atoms with Crippen LogP contribution in [0.25, 0.3) is 0 Å². The van der Waals surface area contributed by atoms with Gasteiger partial charge in [-0.25, -0.2) is 4.39 Å². The zero-order valence-corrected chi connectivity index (χ0v) is 11.9. The van der Waals surface area contributed by atoms with Crippen molar-refractivity contribution >= 4 is 5.78 Å². The lowest BCUT2D eigenvalue weighted by atomic mass is 9.89. The second-order valence-electron chi connectivity index (χ2n) is 5.66. The number of alkyl halides is 3. The standard InChI is InChI=1S/C15H17F4NO2/c16-12-3-1-10(2-4-12)14(22)11-5-7-20(8-6-11)9-13(21)15(17,18)19/h1-4,11,13,21H,5-9H2/p+1/t13-/m0/s1. The maximum atomic E-state index is 12.8. The Hall–Kier alpha value is -1.47. The van der Waals surface area contributed by atoms with Crippen molar-refractivity contribution in [2.24, 2.45) is 5.92 Å². The van der Waals surface area contributed by atoms with Crippen molar-refractivity contribution < 1.29 is 32.4 Å². The fourth-order valence-corrected chi connectivity index (χ4v) is 2.73. The number of benzene rings is 1. The molecule has 3 nitrogen and oxygen atoms in total. The van der Waals surface area contributed by atoms with Crippen LogP contribution in [-0.4, -0.2) is 42.8 Å². The first-order valence-electron chi connectivity index (χ1n) is 7.15. The summed E-state index contributed by atoms with van der Waals surface area (Å²) >= 11 is 0. The number of aliphatic hydroxyl groups excluding tert-OH is 1. The molecule has 0 amide bonds. The number of Topliss-reactive ketones (excluding diaryl/α,β-unsaturated/α-hetero) is 1. The molecule has 0 saturated carbocycles. The smallest absolute Gasteiger partial charge is 0.379 e. The molecule has 1 heterocycles. The number of quaternary nitrogens is 1. The van der Waals surface area contributed by atoms with Gasteiger partial charge < -0.3 is 10.0 Å². The Morgan fingerprint density at radius 1 is 1.23 bits per heavy atom. The highest BCUT2D eigenvalue weighted by Gasteiger charge is 2.41. The number of likely N-dealkylation sites (tertiary alicyclic amines) is 1. The summed E-state index contributed by atoms with van der Waals surface area (Å²) in [4.78, 5) is 12.9. The van der Waals surface area contributed by atoms with Crippen LogP contribution in [0, 0.1) is 11.7 Å². The third kappa shape index (κ3) is 4.27. The van der Waals surface area contributed by atoms with Crippen LogP contribution in [0.1, 0.15) is 23.2 Å². The van der Waals surface area contributed by atoms with Crippen molar-refractivity contribution in [3.63, 3.8) is 0 Å². The molecular weight excluding hydrogens is 302 g/mol. The third-order valence-corrected chi connectivity index (χ3v) is 4.05. The lowest BCUT2D eigenvalue weighted by Gasteiger charge is -2.30. The number of hydrogen-bond donors (Lipinski definition) is 2. The summed E-state index contributed by atoms with van der Waals surface area (Å²) in [6.45, 7) is 0.427. The Bertz CT molecular complexity index is 507. The summed E-state index contributed by atoms with van der Waals surface area (Å²) in [5, 5.41) is 9.07. The molecule has 0 spiro atoms. The molecule has 0 aliphatic carbocycles. The largest absolute Gasteiger partial charge is 0.419 e. The minimum atomic E-state index is -4.60. The average Bonchev–Trinajstić information content (AvgIpc) is 2.47. The summed E-state index contributed by atoms with van der Waals surface area (Å²) in [7, 11) is 0. The summed E-state index contributed by atoms with van der Waals surface area (Å²) in [5.74, 6) is -0.774. The van der Waals surface area contributed by atoms with Gasteiger partial charge in [-0.2, -0.15) is 13.2 Å². The van der Waals surface area contributed by atoms with Gasteiger partial charge in [0.2, 0.25) is 0 Å². The maximum absolute atomic E-state index is 12.8. The highest BCUT2D eigenvalue weighted by molar-refractivity contribution is 5.97. The zero-order valence-electron chi connectivity index (χ0n) is 11.9. The molecule has 1 aliphatic rings. The number of rotatable bonds is 4.